The Kier molecular flexibility index (Phi) is 3.43. The lowest BCUT2D eigenvalue weighted by atomic mass is 10.1. The Morgan fingerprint density at radius 3 is 2.65 bits per heavy atom. The van der Waals surface area contributed by atoms with E-state index in [1.807, 2.05) is 12.1 Å². The average Bonchev–Trinajstić information content (AvgIpc) is 2.94. The molecule has 1 aromatic carbocycles. The van der Waals surface area contributed by atoms with E-state index < -0.39 is 6.10 Å². The van der Waals surface area contributed by atoms with Crippen LogP contribution in [0.25, 0.3) is 11.3 Å². The number of rotatable bonds is 2. The number of β-amino-alcohol motifs (C(OH)–C–C–N with tert-alkyl or cyclic N) is 1. The van der Waals surface area contributed by atoms with E-state index in [-0.39, 0.29) is 5.91 Å². The van der Waals surface area contributed by atoms with E-state index in [0.29, 0.717) is 25.1 Å². The number of amides is 1. The van der Waals surface area contributed by atoms with Gasteiger partial charge >= 0.3 is 0 Å². The van der Waals surface area contributed by atoms with Crippen molar-refractivity contribution < 1.29 is 9.90 Å². The molecule has 102 valence electrons. The second-order valence-electron chi connectivity index (χ2n) is 4.86. The van der Waals surface area contributed by atoms with Gasteiger partial charge in [0.2, 0.25) is 0 Å². The normalized spacial score (nSPS) is 18.2. The van der Waals surface area contributed by atoms with E-state index in [0.717, 1.165) is 11.3 Å². The molecule has 0 saturated carbocycles. The standard InChI is InChI=1S/C15H15N3O2/c19-13-5-8-18(10-13)15(20)12-3-1-11(2-4-12)14-9-16-6-7-17-14/h1-4,6-7,9,13,19H,5,8,10H2. The van der Waals surface area contributed by atoms with Gasteiger partial charge in [0.1, 0.15) is 0 Å². The van der Waals surface area contributed by atoms with Crippen LogP contribution in [0.5, 0.6) is 0 Å². The van der Waals surface area contributed by atoms with Crippen LogP contribution in [0.1, 0.15) is 16.8 Å². The number of benzene rings is 1. The zero-order valence-corrected chi connectivity index (χ0v) is 10.9. The fraction of sp³-hybridized carbons (Fsp3) is 0.267. The molecule has 1 atom stereocenters. The van der Waals surface area contributed by atoms with Crippen molar-refractivity contribution in [3.05, 3.63) is 48.4 Å². The summed E-state index contributed by atoms with van der Waals surface area (Å²) in [4.78, 5) is 22.2. The van der Waals surface area contributed by atoms with Crippen molar-refractivity contribution in [2.75, 3.05) is 13.1 Å². The van der Waals surface area contributed by atoms with E-state index in [1.54, 1.807) is 35.6 Å². The average molecular weight is 269 g/mol. The van der Waals surface area contributed by atoms with Gasteiger partial charge < -0.3 is 10.0 Å². The molecule has 0 spiro atoms. The molecule has 1 saturated heterocycles. The Hall–Kier alpha value is -2.27. The van der Waals surface area contributed by atoms with Gasteiger partial charge in [0.15, 0.2) is 0 Å². The van der Waals surface area contributed by atoms with Gasteiger partial charge in [-0.1, -0.05) is 12.1 Å². The minimum absolute atomic E-state index is 0.0350. The maximum absolute atomic E-state index is 12.2. The highest BCUT2D eigenvalue weighted by Crippen LogP contribution is 2.18. The maximum atomic E-state index is 12.2. The molecule has 5 heteroatoms. The highest BCUT2D eigenvalue weighted by Gasteiger charge is 2.25. The lowest BCUT2D eigenvalue weighted by Crippen LogP contribution is -2.29. The molecule has 1 aliphatic rings. The molecule has 1 aromatic heterocycles. The minimum Gasteiger partial charge on any atom is -0.391 e. The number of carbonyl (C=O) groups is 1. The van der Waals surface area contributed by atoms with Crippen molar-refractivity contribution >= 4 is 5.91 Å². The van der Waals surface area contributed by atoms with Gasteiger partial charge in [-0.2, -0.15) is 0 Å². The topological polar surface area (TPSA) is 66.3 Å². The number of aliphatic hydroxyl groups is 1. The number of aliphatic hydroxyl groups excluding tert-OH is 1. The molecule has 1 aliphatic heterocycles. The number of aromatic nitrogens is 2. The molecule has 1 fully saturated rings. The Morgan fingerprint density at radius 2 is 2.05 bits per heavy atom. The molecule has 0 radical (unpaired) electrons. The summed E-state index contributed by atoms with van der Waals surface area (Å²) in [5, 5.41) is 9.48. The summed E-state index contributed by atoms with van der Waals surface area (Å²) in [6.45, 7) is 1.04. The van der Waals surface area contributed by atoms with Crippen LogP contribution in [0, 0.1) is 0 Å². The summed E-state index contributed by atoms with van der Waals surface area (Å²) in [5.74, 6) is -0.0350. The lowest BCUT2D eigenvalue weighted by Gasteiger charge is -2.15. The quantitative estimate of drug-likeness (QED) is 0.893. The van der Waals surface area contributed by atoms with E-state index in [1.165, 1.54) is 0 Å². The number of carbonyl (C=O) groups excluding carboxylic acids is 1. The van der Waals surface area contributed by atoms with Gasteiger partial charge in [0.05, 0.1) is 18.0 Å². The van der Waals surface area contributed by atoms with Crippen LogP contribution in [0.4, 0.5) is 0 Å². The van der Waals surface area contributed by atoms with E-state index in [2.05, 4.69) is 9.97 Å². The number of hydrogen-bond acceptors (Lipinski definition) is 4. The third-order valence-corrected chi connectivity index (χ3v) is 3.44. The van der Waals surface area contributed by atoms with E-state index in [9.17, 15) is 9.90 Å². The van der Waals surface area contributed by atoms with Crippen LogP contribution in [0.3, 0.4) is 0 Å². The van der Waals surface area contributed by atoms with Crippen LogP contribution in [0.15, 0.2) is 42.9 Å². The van der Waals surface area contributed by atoms with E-state index >= 15 is 0 Å². The molecule has 20 heavy (non-hydrogen) atoms. The van der Waals surface area contributed by atoms with Crippen molar-refractivity contribution in [2.24, 2.45) is 0 Å². The van der Waals surface area contributed by atoms with Gasteiger partial charge in [-0.3, -0.25) is 14.8 Å². The third-order valence-electron chi connectivity index (χ3n) is 3.44. The molecule has 2 heterocycles. The first-order valence-electron chi connectivity index (χ1n) is 6.58. The number of likely N-dealkylation sites (tertiary alicyclic amines) is 1. The number of hydrogen-bond donors (Lipinski definition) is 1. The predicted octanol–water partition coefficient (Wildman–Crippen LogP) is 1.35. The summed E-state index contributed by atoms with van der Waals surface area (Å²) in [5.41, 5.74) is 2.34. The first kappa shape index (κ1) is 12.7. The number of nitrogens with zero attached hydrogens (tertiary/aromatic N) is 3. The largest absolute Gasteiger partial charge is 0.391 e. The molecule has 3 rings (SSSR count). The SMILES string of the molecule is O=C(c1ccc(-c2cnccn2)cc1)N1CCC(O)C1. The van der Waals surface area contributed by atoms with Crippen LogP contribution >= 0.6 is 0 Å². The molecule has 0 aliphatic carbocycles. The Bertz CT molecular complexity index is 598. The van der Waals surface area contributed by atoms with Crippen LogP contribution in [-0.4, -0.2) is 45.1 Å². The monoisotopic (exact) mass is 269 g/mol. The van der Waals surface area contributed by atoms with Crippen molar-refractivity contribution in [3.63, 3.8) is 0 Å². The third kappa shape index (κ3) is 2.53. The molecule has 0 bridgehead atoms. The Morgan fingerprint density at radius 1 is 1.25 bits per heavy atom. The highest BCUT2D eigenvalue weighted by molar-refractivity contribution is 5.94. The van der Waals surface area contributed by atoms with Crippen molar-refractivity contribution in [2.45, 2.75) is 12.5 Å². The summed E-state index contributed by atoms with van der Waals surface area (Å²) >= 11 is 0. The fourth-order valence-electron chi connectivity index (χ4n) is 2.34. The van der Waals surface area contributed by atoms with Gasteiger partial charge in [-0.05, 0) is 18.6 Å². The van der Waals surface area contributed by atoms with Gasteiger partial charge in [-0.25, -0.2) is 0 Å². The van der Waals surface area contributed by atoms with Gasteiger partial charge in [-0.15, -0.1) is 0 Å². The maximum Gasteiger partial charge on any atom is 0.253 e. The van der Waals surface area contributed by atoms with Crippen LogP contribution in [0.2, 0.25) is 0 Å². The molecule has 1 amide bonds. The molecule has 1 N–H and O–H groups in total. The molecule has 5 nitrogen and oxygen atoms in total. The van der Waals surface area contributed by atoms with E-state index in [4.69, 9.17) is 0 Å². The van der Waals surface area contributed by atoms with Gasteiger partial charge in [0, 0.05) is 36.6 Å². The zero-order chi connectivity index (χ0) is 13.9. The minimum atomic E-state index is -0.391. The first-order chi connectivity index (χ1) is 9.74. The second-order valence-corrected chi connectivity index (χ2v) is 4.86. The Labute approximate surface area is 116 Å². The fourth-order valence-corrected chi connectivity index (χ4v) is 2.34. The smallest absolute Gasteiger partial charge is 0.253 e. The highest BCUT2D eigenvalue weighted by atomic mass is 16.3. The lowest BCUT2D eigenvalue weighted by molar-refractivity contribution is 0.0765. The summed E-state index contributed by atoms with van der Waals surface area (Å²) < 4.78 is 0. The van der Waals surface area contributed by atoms with Crippen molar-refractivity contribution in [1.82, 2.24) is 14.9 Å². The second kappa shape index (κ2) is 5.38. The zero-order valence-electron chi connectivity index (χ0n) is 10.9. The molecular weight excluding hydrogens is 254 g/mol. The molecular formula is C15H15N3O2. The summed E-state index contributed by atoms with van der Waals surface area (Å²) in [6.07, 6.45) is 5.22. The molecule has 2 aromatic rings. The van der Waals surface area contributed by atoms with Crippen LogP contribution in [-0.2, 0) is 0 Å². The summed E-state index contributed by atoms with van der Waals surface area (Å²) in [6, 6.07) is 7.31. The van der Waals surface area contributed by atoms with Crippen molar-refractivity contribution in [3.8, 4) is 11.3 Å². The summed E-state index contributed by atoms with van der Waals surface area (Å²) in [7, 11) is 0. The molecule has 1 unspecified atom stereocenters. The predicted molar refractivity (Wildman–Crippen MR) is 74.0 cm³/mol. The van der Waals surface area contributed by atoms with Gasteiger partial charge in [0.25, 0.3) is 5.91 Å². The van der Waals surface area contributed by atoms with Crippen LogP contribution < -0.4 is 0 Å². The Balaban J connectivity index is 1.78. The van der Waals surface area contributed by atoms with Crippen molar-refractivity contribution in [1.29, 1.82) is 0 Å². The first-order valence-corrected chi connectivity index (χ1v) is 6.58.